The predicted molar refractivity (Wildman–Crippen MR) is 163 cm³/mol. The normalized spacial score (nSPS) is 12.6. The Labute approximate surface area is 249 Å². The number of nitrogens with zero attached hydrogens (tertiary/aromatic N) is 2. The van der Waals surface area contributed by atoms with E-state index in [0.717, 1.165) is 18.6 Å². The monoisotopic (exact) mass is 584 g/mol. The first kappa shape index (κ1) is 32.5. The lowest BCUT2D eigenvalue weighted by atomic mass is 10.1. The van der Waals surface area contributed by atoms with Crippen LogP contribution in [0.1, 0.15) is 102 Å². The number of rotatable bonds is 20. The third-order valence-electron chi connectivity index (χ3n) is 7.22. The van der Waals surface area contributed by atoms with Crippen LogP contribution in [0.3, 0.4) is 0 Å². The number of hydrogen-bond donors (Lipinski definition) is 0. The lowest BCUT2D eigenvalue weighted by Crippen LogP contribution is -2.19. The standard InChI is InChI=1S/C33H45ClN2O5/c1-4-6-7-8-9-10-11-12-13-14-23-38-28-19-15-26(16-20-28)31-35-33(36-41-31)40-32(37)27-17-21-29(22-18-27)39-24-30(34)25(3)5-2/h15-22,25,30H,4-14,23-24H2,1-3H3/t25-,30+/m0/s1. The van der Waals surface area contributed by atoms with E-state index in [4.69, 9.17) is 30.3 Å². The van der Waals surface area contributed by atoms with Crippen molar-refractivity contribution in [3.63, 3.8) is 0 Å². The molecular weight excluding hydrogens is 540 g/mol. The number of carbonyl (C=O) groups excluding carboxylic acids is 1. The fraction of sp³-hybridized carbons (Fsp3) is 0.545. The summed E-state index contributed by atoms with van der Waals surface area (Å²) in [6.07, 6.45) is 14.0. The smallest absolute Gasteiger partial charge is 0.362 e. The van der Waals surface area contributed by atoms with Gasteiger partial charge in [0.2, 0.25) is 0 Å². The number of ether oxygens (including phenoxy) is 3. The van der Waals surface area contributed by atoms with Crippen molar-refractivity contribution in [1.29, 1.82) is 0 Å². The number of alkyl halides is 1. The largest absolute Gasteiger partial charge is 0.494 e. The zero-order valence-electron chi connectivity index (χ0n) is 24.8. The van der Waals surface area contributed by atoms with Crippen LogP contribution in [-0.4, -0.2) is 34.7 Å². The molecule has 1 aromatic heterocycles. The summed E-state index contributed by atoms with van der Waals surface area (Å²) in [7, 11) is 0. The summed E-state index contributed by atoms with van der Waals surface area (Å²) in [4.78, 5) is 16.7. The van der Waals surface area contributed by atoms with Crippen LogP contribution in [0.2, 0.25) is 0 Å². The lowest BCUT2D eigenvalue weighted by Gasteiger charge is -2.16. The predicted octanol–water partition coefficient (Wildman–Crippen LogP) is 9.29. The maximum atomic E-state index is 12.5. The Morgan fingerprint density at radius 1 is 0.829 bits per heavy atom. The second-order valence-electron chi connectivity index (χ2n) is 10.6. The molecule has 0 aliphatic heterocycles. The van der Waals surface area contributed by atoms with Crippen LogP contribution in [-0.2, 0) is 0 Å². The number of aromatic nitrogens is 2. The van der Waals surface area contributed by atoms with Gasteiger partial charge in [-0.2, -0.15) is 4.98 Å². The second-order valence-corrected chi connectivity index (χ2v) is 11.1. The zero-order valence-corrected chi connectivity index (χ0v) is 25.5. The molecular formula is C33H45ClN2O5. The highest BCUT2D eigenvalue weighted by molar-refractivity contribution is 6.20. The molecule has 224 valence electrons. The first-order valence-electron chi connectivity index (χ1n) is 15.2. The van der Waals surface area contributed by atoms with E-state index in [9.17, 15) is 4.79 Å². The zero-order chi connectivity index (χ0) is 29.3. The van der Waals surface area contributed by atoms with Crippen molar-refractivity contribution in [2.75, 3.05) is 13.2 Å². The van der Waals surface area contributed by atoms with Gasteiger partial charge in [-0.05, 0) is 66.0 Å². The second kappa shape index (κ2) is 18.4. The van der Waals surface area contributed by atoms with E-state index in [0.29, 0.717) is 36.0 Å². The van der Waals surface area contributed by atoms with Gasteiger partial charge in [0.15, 0.2) is 0 Å². The molecule has 0 radical (unpaired) electrons. The number of hydrogen-bond acceptors (Lipinski definition) is 7. The molecule has 3 rings (SSSR count). The Bertz CT molecular complexity index is 1130. The molecule has 0 N–H and O–H groups in total. The van der Waals surface area contributed by atoms with E-state index in [2.05, 4.69) is 30.9 Å². The highest BCUT2D eigenvalue weighted by atomic mass is 35.5. The number of carbonyl (C=O) groups is 1. The molecule has 0 unspecified atom stereocenters. The Kier molecular flexibility index (Phi) is 14.6. The summed E-state index contributed by atoms with van der Waals surface area (Å²) in [5, 5.41) is 3.71. The first-order chi connectivity index (χ1) is 20.0. The molecule has 0 spiro atoms. The van der Waals surface area contributed by atoms with Crippen molar-refractivity contribution < 1.29 is 23.5 Å². The number of unbranched alkanes of at least 4 members (excludes halogenated alkanes) is 9. The van der Waals surface area contributed by atoms with Gasteiger partial charge < -0.3 is 18.7 Å². The average Bonchev–Trinajstić information content (AvgIpc) is 3.47. The van der Waals surface area contributed by atoms with Crippen LogP contribution < -0.4 is 14.2 Å². The number of esters is 1. The maximum absolute atomic E-state index is 12.5. The van der Waals surface area contributed by atoms with E-state index >= 15 is 0 Å². The van der Waals surface area contributed by atoms with Crippen LogP contribution in [0.4, 0.5) is 0 Å². The quantitative estimate of drug-likeness (QED) is 0.0743. The van der Waals surface area contributed by atoms with Crippen LogP contribution >= 0.6 is 11.6 Å². The molecule has 0 amide bonds. The van der Waals surface area contributed by atoms with Crippen LogP contribution in [0.15, 0.2) is 53.1 Å². The van der Waals surface area contributed by atoms with Crippen molar-refractivity contribution in [3.05, 3.63) is 54.1 Å². The van der Waals surface area contributed by atoms with Gasteiger partial charge in [-0.3, -0.25) is 0 Å². The third kappa shape index (κ3) is 11.8. The fourth-order valence-electron chi connectivity index (χ4n) is 4.27. The molecule has 3 aromatic rings. The van der Waals surface area contributed by atoms with Crippen molar-refractivity contribution in [2.45, 2.75) is 96.8 Å². The van der Waals surface area contributed by atoms with Crippen molar-refractivity contribution in [1.82, 2.24) is 10.1 Å². The SMILES string of the molecule is CCCCCCCCCCCCOc1ccc(-c2nc(OC(=O)c3ccc(OC[C@@H](Cl)[C@@H](C)CC)cc3)no2)cc1. The Hall–Kier alpha value is -3.06. The molecule has 8 heteroatoms. The molecule has 1 heterocycles. The molecule has 0 bridgehead atoms. The van der Waals surface area contributed by atoms with Crippen molar-refractivity contribution >= 4 is 17.6 Å². The minimum Gasteiger partial charge on any atom is -0.494 e. The van der Waals surface area contributed by atoms with E-state index in [-0.39, 0.29) is 17.3 Å². The third-order valence-corrected chi connectivity index (χ3v) is 7.78. The van der Waals surface area contributed by atoms with E-state index < -0.39 is 5.97 Å². The molecule has 7 nitrogen and oxygen atoms in total. The summed E-state index contributed by atoms with van der Waals surface area (Å²) in [5.74, 6) is 1.46. The minimum absolute atomic E-state index is 0.0739. The number of halogens is 1. The number of benzene rings is 2. The molecule has 2 aromatic carbocycles. The minimum atomic E-state index is -0.588. The fourth-order valence-corrected chi connectivity index (χ4v) is 4.51. The van der Waals surface area contributed by atoms with Crippen LogP contribution in [0.25, 0.3) is 11.5 Å². The van der Waals surface area contributed by atoms with Gasteiger partial charge in [0.25, 0.3) is 5.89 Å². The highest BCUT2D eigenvalue weighted by Gasteiger charge is 2.16. The van der Waals surface area contributed by atoms with Gasteiger partial charge in [0.1, 0.15) is 18.1 Å². The molecule has 41 heavy (non-hydrogen) atoms. The van der Waals surface area contributed by atoms with Crippen LogP contribution in [0.5, 0.6) is 17.5 Å². The topological polar surface area (TPSA) is 83.7 Å². The first-order valence-corrected chi connectivity index (χ1v) is 15.6. The molecule has 2 atom stereocenters. The van der Waals surface area contributed by atoms with Gasteiger partial charge in [-0.1, -0.05) is 85.0 Å². The van der Waals surface area contributed by atoms with Gasteiger partial charge in [-0.15, -0.1) is 11.6 Å². The van der Waals surface area contributed by atoms with Gasteiger partial charge in [-0.25, -0.2) is 4.79 Å². The summed E-state index contributed by atoms with van der Waals surface area (Å²) in [5.41, 5.74) is 1.06. The summed E-state index contributed by atoms with van der Waals surface area (Å²) >= 11 is 6.34. The molecule has 0 saturated carbocycles. The van der Waals surface area contributed by atoms with Gasteiger partial charge in [0, 0.05) is 5.56 Å². The Morgan fingerprint density at radius 2 is 1.41 bits per heavy atom. The molecule has 0 aliphatic carbocycles. The highest BCUT2D eigenvalue weighted by Crippen LogP contribution is 2.24. The van der Waals surface area contributed by atoms with Crippen molar-refractivity contribution in [3.8, 4) is 29.0 Å². The lowest BCUT2D eigenvalue weighted by molar-refractivity contribution is 0.0714. The van der Waals surface area contributed by atoms with E-state index in [1.807, 2.05) is 24.3 Å². The maximum Gasteiger partial charge on any atom is 0.362 e. The molecule has 0 aliphatic rings. The molecule has 0 saturated heterocycles. The van der Waals surface area contributed by atoms with E-state index in [1.165, 1.54) is 57.8 Å². The van der Waals surface area contributed by atoms with Crippen LogP contribution in [0, 0.1) is 5.92 Å². The summed E-state index contributed by atoms with van der Waals surface area (Å²) in [6.45, 7) is 7.55. The molecule has 0 fully saturated rings. The summed E-state index contributed by atoms with van der Waals surface area (Å²) in [6, 6.07) is 14.0. The Balaban J connectivity index is 1.36. The Morgan fingerprint density at radius 3 is 2.05 bits per heavy atom. The van der Waals surface area contributed by atoms with E-state index in [1.54, 1.807) is 24.3 Å². The van der Waals surface area contributed by atoms with Gasteiger partial charge in [0.05, 0.1) is 17.5 Å². The summed E-state index contributed by atoms with van der Waals surface area (Å²) < 4.78 is 22.2. The average molecular weight is 585 g/mol. The van der Waals surface area contributed by atoms with Crippen molar-refractivity contribution in [2.24, 2.45) is 5.92 Å². The van der Waals surface area contributed by atoms with Gasteiger partial charge >= 0.3 is 12.0 Å².